The Morgan fingerprint density at radius 1 is 0.900 bits per heavy atom. The van der Waals surface area contributed by atoms with E-state index in [0.29, 0.717) is 46.1 Å². The maximum Gasteiger partial charge on any atom is 0.314 e. The van der Waals surface area contributed by atoms with Gasteiger partial charge in [0.2, 0.25) is 0 Å². The minimum Gasteiger partial charge on any atom is -0.377 e. The molecule has 0 rings (SSSR count). The zero-order valence-electron chi connectivity index (χ0n) is 12.1. The van der Waals surface area contributed by atoms with E-state index in [1.165, 1.54) is 0 Å². The standard InChI is InChI=1S/C12H26N4O4/c1-2-3-4-15-12(18)16-6-8-20-10-9-19-7-5-14-11(13)17/h2-10H2,1H3,(H3,13,14,17)(H2,15,16,18). The Hall–Kier alpha value is -1.54. The van der Waals surface area contributed by atoms with Crippen molar-refractivity contribution in [3.05, 3.63) is 0 Å². The highest BCUT2D eigenvalue weighted by molar-refractivity contribution is 5.73. The molecule has 4 amide bonds. The average Bonchev–Trinajstić information content (AvgIpc) is 2.41. The molecule has 0 bridgehead atoms. The van der Waals surface area contributed by atoms with Crippen molar-refractivity contribution in [3.8, 4) is 0 Å². The molecular formula is C12H26N4O4. The molecule has 8 nitrogen and oxygen atoms in total. The van der Waals surface area contributed by atoms with Gasteiger partial charge in [-0.25, -0.2) is 9.59 Å². The summed E-state index contributed by atoms with van der Waals surface area (Å²) in [7, 11) is 0. The number of unbranched alkanes of at least 4 members (excludes halogenated alkanes) is 1. The van der Waals surface area contributed by atoms with E-state index >= 15 is 0 Å². The van der Waals surface area contributed by atoms with Crippen LogP contribution in [0.3, 0.4) is 0 Å². The molecule has 0 aromatic rings. The zero-order valence-corrected chi connectivity index (χ0v) is 12.1. The summed E-state index contributed by atoms with van der Waals surface area (Å²) in [5, 5.41) is 7.84. The Kier molecular flexibility index (Phi) is 12.8. The van der Waals surface area contributed by atoms with Gasteiger partial charge >= 0.3 is 12.1 Å². The first-order valence-corrected chi connectivity index (χ1v) is 6.87. The minimum absolute atomic E-state index is 0.171. The van der Waals surface area contributed by atoms with Crippen LogP contribution in [0.1, 0.15) is 19.8 Å². The quantitative estimate of drug-likeness (QED) is 0.372. The number of hydrogen-bond donors (Lipinski definition) is 4. The van der Waals surface area contributed by atoms with Crippen LogP contribution in [0.5, 0.6) is 0 Å². The third-order valence-electron chi connectivity index (χ3n) is 2.27. The first-order chi connectivity index (χ1) is 9.66. The molecule has 0 radical (unpaired) electrons. The predicted molar refractivity (Wildman–Crippen MR) is 75.5 cm³/mol. The number of rotatable bonds is 12. The molecule has 0 atom stereocenters. The molecule has 0 aliphatic heterocycles. The highest BCUT2D eigenvalue weighted by Crippen LogP contribution is 1.82. The molecule has 0 spiro atoms. The molecular weight excluding hydrogens is 264 g/mol. The highest BCUT2D eigenvalue weighted by atomic mass is 16.5. The van der Waals surface area contributed by atoms with E-state index in [2.05, 4.69) is 22.9 Å². The van der Waals surface area contributed by atoms with Crippen molar-refractivity contribution in [3.63, 3.8) is 0 Å². The largest absolute Gasteiger partial charge is 0.377 e. The molecule has 0 aromatic carbocycles. The smallest absolute Gasteiger partial charge is 0.314 e. The van der Waals surface area contributed by atoms with E-state index in [1.54, 1.807) is 0 Å². The minimum atomic E-state index is -0.562. The van der Waals surface area contributed by atoms with Gasteiger partial charge in [0.05, 0.1) is 26.4 Å². The van der Waals surface area contributed by atoms with Gasteiger partial charge in [-0.1, -0.05) is 13.3 Å². The summed E-state index contributed by atoms with van der Waals surface area (Å²) in [5.41, 5.74) is 4.88. The van der Waals surface area contributed by atoms with E-state index in [9.17, 15) is 9.59 Å². The Bertz CT molecular complexity index is 264. The molecule has 0 aliphatic rings. The number of urea groups is 2. The van der Waals surface area contributed by atoms with Crippen molar-refractivity contribution in [1.82, 2.24) is 16.0 Å². The lowest BCUT2D eigenvalue weighted by Crippen LogP contribution is -2.37. The van der Waals surface area contributed by atoms with Crippen molar-refractivity contribution in [2.75, 3.05) is 46.1 Å². The summed E-state index contributed by atoms with van der Waals surface area (Å²) in [6.07, 6.45) is 2.03. The molecule has 118 valence electrons. The summed E-state index contributed by atoms with van der Waals surface area (Å²) >= 11 is 0. The monoisotopic (exact) mass is 290 g/mol. The van der Waals surface area contributed by atoms with Crippen LogP contribution in [0, 0.1) is 0 Å². The number of ether oxygens (including phenoxy) is 2. The van der Waals surface area contributed by atoms with Crippen LogP contribution in [0.4, 0.5) is 9.59 Å². The second-order valence-electron chi connectivity index (χ2n) is 4.05. The number of primary amides is 1. The van der Waals surface area contributed by atoms with Crippen molar-refractivity contribution >= 4 is 12.1 Å². The number of carbonyl (C=O) groups is 2. The highest BCUT2D eigenvalue weighted by Gasteiger charge is 1.97. The zero-order chi connectivity index (χ0) is 15.1. The summed E-state index contributed by atoms with van der Waals surface area (Å²) < 4.78 is 10.4. The maximum atomic E-state index is 11.2. The molecule has 0 saturated heterocycles. The van der Waals surface area contributed by atoms with Crippen LogP contribution < -0.4 is 21.7 Å². The summed E-state index contributed by atoms with van der Waals surface area (Å²) in [5.74, 6) is 0. The van der Waals surface area contributed by atoms with E-state index in [0.717, 1.165) is 12.8 Å². The van der Waals surface area contributed by atoms with Crippen molar-refractivity contribution in [1.29, 1.82) is 0 Å². The molecule has 0 heterocycles. The fraction of sp³-hybridized carbons (Fsp3) is 0.833. The topological polar surface area (TPSA) is 115 Å². The first-order valence-electron chi connectivity index (χ1n) is 6.87. The number of nitrogens with two attached hydrogens (primary N) is 1. The summed E-state index contributed by atoms with van der Waals surface area (Å²) in [6.45, 7) is 5.30. The molecule has 0 unspecified atom stereocenters. The van der Waals surface area contributed by atoms with Gasteiger partial charge in [-0.05, 0) is 6.42 Å². The number of nitrogens with one attached hydrogen (secondary N) is 3. The van der Waals surface area contributed by atoms with Gasteiger partial charge in [-0.15, -0.1) is 0 Å². The fourth-order valence-corrected chi connectivity index (χ4v) is 1.25. The normalized spacial score (nSPS) is 10.1. The van der Waals surface area contributed by atoms with Crippen molar-refractivity contribution < 1.29 is 19.1 Å². The van der Waals surface area contributed by atoms with Gasteiger partial charge in [0.15, 0.2) is 0 Å². The third kappa shape index (κ3) is 14.5. The molecule has 8 heteroatoms. The lowest BCUT2D eigenvalue weighted by molar-refractivity contribution is 0.0510. The summed E-state index contributed by atoms with van der Waals surface area (Å²) in [4.78, 5) is 21.6. The van der Waals surface area contributed by atoms with Crippen LogP contribution in [0.25, 0.3) is 0 Å². The molecule has 5 N–H and O–H groups in total. The Morgan fingerprint density at radius 2 is 1.45 bits per heavy atom. The first kappa shape index (κ1) is 18.5. The number of amides is 4. The van der Waals surface area contributed by atoms with Crippen LogP contribution >= 0.6 is 0 Å². The molecule has 0 saturated carbocycles. The van der Waals surface area contributed by atoms with E-state index in [-0.39, 0.29) is 6.03 Å². The molecule has 0 aliphatic carbocycles. The lowest BCUT2D eigenvalue weighted by Gasteiger charge is -2.08. The van der Waals surface area contributed by atoms with Crippen molar-refractivity contribution in [2.45, 2.75) is 19.8 Å². The second kappa shape index (κ2) is 13.9. The van der Waals surface area contributed by atoms with Crippen molar-refractivity contribution in [2.24, 2.45) is 5.73 Å². The Balaban J connectivity index is 3.12. The Labute approximate surface area is 119 Å². The molecule has 0 aromatic heterocycles. The van der Waals surface area contributed by atoms with E-state index < -0.39 is 6.03 Å². The van der Waals surface area contributed by atoms with Crippen LogP contribution in [-0.4, -0.2) is 58.1 Å². The predicted octanol–water partition coefficient (Wildman–Crippen LogP) is -0.213. The summed E-state index contributed by atoms with van der Waals surface area (Å²) in [6, 6.07) is -0.732. The number of carbonyl (C=O) groups excluding carboxylic acids is 2. The SMILES string of the molecule is CCCCNC(=O)NCCOCCOCCNC(N)=O. The van der Waals surface area contributed by atoms with Gasteiger partial charge in [0, 0.05) is 19.6 Å². The van der Waals surface area contributed by atoms with Crippen LogP contribution in [-0.2, 0) is 9.47 Å². The van der Waals surface area contributed by atoms with Gasteiger partial charge in [-0.2, -0.15) is 0 Å². The second-order valence-corrected chi connectivity index (χ2v) is 4.05. The van der Waals surface area contributed by atoms with Gasteiger partial charge < -0.3 is 31.2 Å². The van der Waals surface area contributed by atoms with Crippen LogP contribution in [0.2, 0.25) is 0 Å². The Morgan fingerprint density at radius 3 is 2.00 bits per heavy atom. The van der Waals surface area contributed by atoms with Gasteiger partial charge in [-0.3, -0.25) is 0 Å². The van der Waals surface area contributed by atoms with Gasteiger partial charge in [0.1, 0.15) is 0 Å². The van der Waals surface area contributed by atoms with E-state index in [1.807, 2.05) is 0 Å². The van der Waals surface area contributed by atoms with E-state index in [4.69, 9.17) is 15.2 Å². The molecule has 0 fully saturated rings. The molecule has 20 heavy (non-hydrogen) atoms. The third-order valence-corrected chi connectivity index (χ3v) is 2.27. The number of hydrogen-bond acceptors (Lipinski definition) is 4. The lowest BCUT2D eigenvalue weighted by atomic mass is 10.3. The average molecular weight is 290 g/mol. The van der Waals surface area contributed by atoms with Gasteiger partial charge in [0.25, 0.3) is 0 Å². The maximum absolute atomic E-state index is 11.2. The van der Waals surface area contributed by atoms with Crippen LogP contribution in [0.15, 0.2) is 0 Å². The fourth-order valence-electron chi connectivity index (χ4n) is 1.25.